The van der Waals surface area contributed by atoms with Crippen molar-refractivity contribution >= 4 is 122 Å². The number of hydrogen-bond acceptors (Lipinski definition) is 2. The second-order valence-electron chi connectivity index (χ2n) is 32.6. The zero-order valence-corrected chi connectivity index (χ0v) is 65.1. The number of fused-ring (bicyclic) bond motifs is 13. The molecule has 2 aromatic heterocycles. The average Bonchev–Trinajstić information content (AvgIpc) is 0.953. The molecule has 4 nitrogen and oxygen atoms in total. The van der Waals surface area contributed by atoms with Crippen LogP contribution in [0, 0.1) is 0 Å². The number of para-hydroxylation sites is 3. The van der Waals surface area contributed by atoms with E-state index in [4.69, 9.17) is 0 Å². The lowest BCUT2D eigenvalue weighted by Crippen LogP contribution is -2.61. The van der Waals surface area contributed by atoms with Crippen LogP contribution in [-0.2, 0) is 10.8 Å². The molecule has 22 rings (SSSR count). The zero-order chi connectivity index (χ0) is 93.2. The Labute approximate surface area is 707 Å². The summed E-state index contributed by atoms with van der Waals surface area (Å²) in [4.78, 5) is 4.38. The van der Waals surface area contributed by atoms with Gasteiger partial charge in [-0.15, -0.1) is 0 Å². The van der Waals surface area contributed by atoms with Gasteiger partial charge in [0.25, 0.3) is 6.71 Å². The maximum atomic E-state index is 10.7. The molecule has 2 aliphatic heterocycles. The predicted octanol–water partition coefficient (Wildman–Crippen LogP) is 28.5. The first-order valence-electron chi connectivity index (χ1n) is 48.2. The summed E-state index contributed by atoms with van der Waals surface area (Å²) in [5.74, 6) is 0. The summed E-state index contributed by atoms with van der Waals surface area (Å²) in [5, 5.41) is 5.82. The van der Waals surface area contributed by atoms with E-state index in [1.807, 2.05) is 114 Å². The van der Waals surface area contributed by atoms with Crippen LogP contribution in [-0.4, -0.2) is 15.8 Å². The van der Waals surface area contributed by atoms with Crippen LogP contribution < -0.4 is 26.2 Å². The van der Waals surface area contributed by atoms with Gasteiger partial charge >= 0.3 is 0 Å². The van der Waals surface area contributed by atoms with Crippen LogP contribution in [0.25, 0.3) is 154 Å². The fourth-order valence-electron chi connectivity index (χ4n) is 18.3. The highest BCUT2D eigenvalue weighted by atomic mass is 15.2. The SMILES string of the molecule is [2H]c1c([2H])c([2H])c(-c2cc(-c3ccccc3)cc(-c3c([2H])c([2H])c([2H])c([2H])c3[2H])c2N2c3ccc(-c4cccc5c4c4ccccc4n5-c4ccccc4)cc3B3c4ccc(-n5c6c([2H])c([2H])c([2H])c([2H])c6c6c([2H])c([2H])c(-c7ccccc7)c([2H])c65)cc4N(c4c(-c5ccccc5)cc(C(C)(C)C)cc4-c4cc5ccccc5c5ccccc45)c4cc(C(C)(C)C)cc2c43)c([2H])c1[2H]. The van der Waals surface area contributed by atoms with Gasteiger partial charge in [0.05, 0.1) is 56.7 Å². The van der Waals surface area contributed by atoms with Crippen molar-refractivity contribution in [2.45, 2.75) is 52.4 Å². The van der Waals surface area contributed by atoms with Gasteiger partial charge in [-0.05, 0) is 213 Å². The first-order chi connectivity index (χ1) is 64.4. The van der Waals surface area contributed by atoms with Crippen LogP contribution in [0.2, 0.25) is 0 Å². The Morgan fingerprint density at radius 1 is 0.265 bits per heavy atom. The normalized spacial score (nSPS) is 14.7. The summed E-state index contributed by atoms with van der Waals surface area (Å²) in [7, 11) is 0. The Kier molecular flexibility index (Phi) is 12.5. The van der Waals surface area contributed by atoms with E-state index in [-0.39, 0.29) is 73.4 Å². The van der Waals surface area contributed by atoms with E-state index in [2.05, 4.69) is 197 Å². The largest absolute Gasteiger partial charge is 0.310 e. The third kappa shape index (κ3) is 11.3. The molecule has 2 aliphatic rings. The first kappa shape index (κ1) is 53.7. The Bertz CT molecular complexity index is 8350. The van der Waals surface area contributed by atoms with Gasteiger partial charge in [-0.25, -0.2) is 0 Å². The lowest BCUT2D eigenvalue weighted by atomic mass is 9.33. The van der Waals surface area contributed by atoms with Gasteiger partial charge in [0.1, 0.15) is 0 Å². The van der Waals surface area contributed by atoms with Crippen molar-refractivity contribution in [1.82, 2.24) is 9.13 Å². The van der Waals surface area contributed by atoms with Crippen molar-refractivity contribution in [3.8, 4) is 89.3 Å². The molecule has 20 aromatic rings. The van der Waals surface area contributed by atoms with Crippen LogP contribution >= 0.6 is 0 Å². The maximum Gasteiger partial charge on any atom is 0.252 e. The fourth-order valence-corrected chi connectivity index (χ4v) is 18.3. The smallest absolute Gasteiger partial charge is 0.252 e. The molecule has 0 spiro atoms. The summed E-state index contributed by atoms with van der Waals surface area (Å²) in [6.45, 7) is 12.1. The van der Waals surface area contributed by atoms with Crippen LogP contribution in [0.5, 0.6) is 0 Å². The molecule has 117 heavy (non-hydrogen) atoms. The lowest BCUT2D eigenvalue weighted by Gasteiger charge is -2.46. The number of anilines is 6. The third-order valence-corrected chi connectivity index (χ3v) is 23.7. The molecule has 18 aromatic carbocycles. The second-order valence-corrected chi connectivity index (χ2v) is 32.6. The summed E-state index contributed by atoms with van der Waals surface area (Å²) in [6.07, 6.45) is 0. The molecule has 0 unspecified atom stereocenters. The molecule has 0 fully saturated rings. The van der Waals surface area contributed by atoms with Crippen LogP contribution in [0.3, 0.4) is 0 Å². The quantitative estimate of drug-likeness (QED) is 0.0948. The van der Waals surface area contributed by atoms with Gasteiger partial charge in [0, 0.05) is 77.9 Å². The summed E-state index contributed by atoms with van der Waals surface area (Å²) in [5.41, 5.74) is 14.9. The van der Waals surface area contributed by atoms with Crippen LogP contribution in [0.4, 0.5) is 34.1 Å². The number of benzene rings is 18. The van der Waals surface area contributed by atoms with Crippen molar-refractivity contribution in [3.63, 3.8) is 0 Å². The summed E-state index contributed by atoms with van der Waals surface area (Å²) in [6, 6.07) is 88.5. The van der Waals surface area contributed by atoms with E-state index in [1.54, 1.807) is 41.0 Å². The highest BCUT2D eigenvalue weighted by Gasteiger charge is 2.47. The minimum absolute atomic E-state index is 0.00540. The first-order valence-corrected chi connectivity index (χ1v) is 39.7. The van der Waals surface area contributed by atoms with Crippen molar-refractivity contribution in [2.75, 3.05) is 9.80 Å². The van der Waals surface area contributed by atoms with Gasteiger partial charge in [-0.3, -0.25) is 0 Å². The van der Waals surface area contributed by atoms with Crippen molar-refractivity contribution in [1.29, 1.82) is 0 Å². The Balaban J connectivity index is 0.978. The number of aromatic nitrogens is 2. The molecule has 554 valence electrons. The van der Waals surface area contributed by atoms with Crippen molar-refractivity contribution in [3.05, 3.63) is 405 Å². The van der Waals surface area contributed by atoms with Crippen LogP contribution in [0.15, 0.2) is 394 Å². The van der Waals surface area contributed by atoms with Gasteiger partial charge < -0.3 is 18.9 Å². The standard InChI is InChI=1S/C112H83BN4/c1-111(2,3)81-67-94(76-42-21-11-22-43-76)110(96(68-81)95-62-78-44-25-26-47-85(78)87-48-27-28-49-88(87)95)117-104-71-84(115-99-53-31-29-50-89(99)90-59-56-77(66-103(90)115)72-34-13-7-14-35-72)58-60-97(104)113-98-65-79(86-52-33-55-102-107(86)91-51-30-32-54-100(91)114(102)83-45-23-12-24-46-83)57-61-101(98)116(105-69-82(112(4,5)6)70-106(117)108(105)113)109-92(74-38-17-9-18-39-74)63-80(73-36-15-8-16-37-73)64-93(109)75-40-19-10-20-41-75/h7-71H,1-6H3/i9D,10D,17D,18D,19D,20D,29D,31D,38D,39D,40D,41D,50D,53D,56D,59D,66D. The molecule has 0 aliphatic carbocycles. The maximum absolute atomic E-state index is 10.7. The molecule has 0 saturated carbocycles. The van der Waals surface area contributed by atoms with Crippen molar-refractivity contribution < 1.29 is 23.3 Å². The van der Waals surface area contributed by atoms with E-state index in [0.29, 0.717) is 67.2 Å². The highest BCUT2D eigenvalue weighted by Crippen LogP contribution is 2.57. The molecular formula is C112H83BN4. The lowest BCUT2D eigenvalue weighted by molar-refractivity contribution is 0.590. The molecular weight excluding hydrogens is 1410 g/mol. The molecule has 0 saturated heterocycles. The minimum atomic E-state index is -0.904. The monoisotopic (exact) mass is 1510 g/mol. The van der Waals surface area contributed by atoms with E-state index in [0.717, 1.165) is 93.5 Å². The van der Waals surface area contributed by atoms with Gasteiger partial charge in [0.15, 0.2) is 0 Å². The topological polar surface area (TPSA) is 16.3 Å². The van der Waals surface area contributed by atoms with Gasteiger partial charge in [0.2, 0.25) is 0 Å². The Morgan fingerprint density at radius 3 is 1.48 bits per heavy atom. The highest BCUT2D eigenvalue weighted by molar-refractivity contribution is 7.00. The molecule has 5 heteroatoms. The molecule has 0 bridgehead atoms. The minimum Gasteiger partial charge on any atom is -0.310 e. The molecule has 4 heterocycles. The van der Waals surface area contributed by atoms with Gasteiger partial charge in [-0.1, -0.05) is 338 Å². The Hall–Kier alpha value is -14.3. The van der Waals surface area contributed by atoms with E-state index >= 15 is 0 Å². The van der Waals surface area contributed by atoms with Crippen molar-refractivity contribution in [2.24, 2.45) is 0 Å². The van der Waals surface area contributed by atoms with E-state index in [1.165, 1.54) is 0 Å². The summed E-state index contributed by atoms with van der Waals surface area (Å²) < 4.78 is 172. The number of hydrogen-bond donors (Lipinski definition) is 0. The predicted molar refractivity (Wildman–Crippen MR) is 500 cm³/mol. The number of rotatable bonds is 11. The number of nitrogens with zero attached hydrogens (tertiary/aromatic N) is 4. The van der Waals surface area contributed by atoms with Crippen LogP contribution in [0.1, 0.15) is 76.0 Å². The van der Waals surface area contributed by atoms with E-state index < -0.39 is 102 Å². The molecule has 0 radical (unpaired) electrons. The fraction of sp³-hybridized carbons (Fsp3) is 0.0714. The molecule has 0 N–H and O–H groups in total. The third-order valence-electron chi connectivity index (χ3n) is 23.7. The molecule has 0 atom stereocenters. The summed E-state index contributed by atoms with van der Waals surface area (Å²) >= 11 is 0. The second kappa shape index (κ2) is 27.2. The molecule has 0 amide bonds. The Morgan fingerprint density at radius 2 is 0.795 bits per heavy atom. The van der Waals surface area contributed by atoms with Gasteiger partial charge in [-0.2, -0.15) is 0 Å². The average molecular weight is 1510 g/mol. The zero-order valence-electron chi connectivity index (χ0n) is 82.1. The van der Waals surface area contributed by atoms with E-state index in [9.17, 15) is 23.3 Å².